The van der Waals surface area contributed by atoms with Crippen LogP contribution in [-0.4, -0.2) is 40.7 Å². The predicted molar refractivity (Wildman–Crippen MR) is 135 cm³/mol. The third kappa shape index (κ3) is 3.57. The monoisotopic (exact) mass is 529 g/mol. The number of carbonyl (C=O) groups excluding carboxylic acids is 2. The van der Waals surface area contributed by atoms with E-state index in [2.05, 4.69) is 40.9 Å². The van der Waals surface area contributed by atoms with Crippen molar-refractivity contribution in [3.05, 3.63) is 77.2 Å². The molecular formula is C25H20BrN7O2. The molecule has 0 saturated heterocycles. The Morgan fingerprint density at radius 2 is 1.89 bits per heavy atom. The maximum absolute atomic E-state index is 13.1. The molecule has 1 aromatic carbocycles. The summed E-state index contributed by atoms with van der Waals surface area (Å²) in [6.07, 6.45) is 10.0. The van der Waals surface area contributed by atoms with Crippen molar-refractivity contribution in [2.24, 2.45) is 7.05 Å². The summed E-state index contributed by atoms with van der Waals surface area (Å²) in [6.45, 7) is 1.57. The van der Waals surface area contributed by atoms with Gasteiger partial charge in [-0.05, 0) is 36.8 Å². The molecule has 0 bridgehead atoms. The number of halogens is 1. The number of nitrogens with zero attached hydrogens (tertiary/aromatic N) is 6. The number of imide groups is 1. The molecule has 0 fully saturated rings. The average molecular weight is 530 g/mol. The predicted octanol–water partition coefficient (Wildman–Crippen LogP) is 3.54. The highest BCUT2D eigenvalue weighted by atomic mass is 79.9. The average Bonchev–Trinajstić information content (AvgIpc) is 3.61. The number of pyridine rings is 1. The Kier molecular flexibility index (Phi) is 5.10. The van der Waals surface area contributed by atoms with Gasteiger partial charge in [-0.15, -0.1) is 0 Å². The summed E-state index contributed by atoms with van der Waals surface area (Å²) in [6, 6.07) is 9.64. The molecule has 6 rings (SSSR count). The number of nitrogens with one attached hydrogen (secondary N) is 1. The van der Waals surface area contributed by atoms with Gasteiger partial charge >= 0.3 is 0 Å². The largest absolute Gasteiger partial charge is 0.347 e. The smallest absolute Gasteiger partial charge is 0.261 e. The van der Waals surface area contributed by atoms with Crippen LogP contribution >= 0.6 is 15.9 Å². The number of aryl methyl sites for hydroxylation is 3. The Bertz CT molecular complexity index is 1660. The van der Waals surface area contributed by atoms with Gasteiger partial charge < -0.3 is 9.13 Å². The minimum absolute atomic E-state index is 0.269. The van der Waals surface area contributed by atoms with Gasteiger partial charge in [-0.1, -0.05) is 15.9 Å². The molecule has 1 aliphatic heterocycles. The summed E-state index contributed by atoms with van der Waals surface area (Å²) in [7, 11) is 1.77. The zero-order valence-corrected chi connectivity index (χ0v) is 20.4. The Hall–Kier alpha value is -4.05. The van der Waals surface area contributed by atoms with E-state index >= 15 is 0 Å². The first kappa shape index (κ1) is 21.5. The van der Waals surface area contributed by atoms with Crippen molar-refractivity contribution in [1.82, 2.24) is 34.2 Å². The topological polar surface area (TPSA) is 99.6 Å². The van der Waals surface area contributed by atoms with Crippen LogP contribution in [0.1, 0.15) is 17.7 Å². The molecule has 0 spiro atoms. The van der Waals surface area contributed by atoms with E-state index in [1.165, 1.54) is 0 Å². The number of benzene rings is 1. The molecule has 0 atom stereocenters. The summed E-state index contributed by atoms with van der Waals surface area (Å²) in [5.74, 6) is -0.880. The van der Waals surface area contributed by atoms with Crippen LogP contribution < -0.4 is 5.32 Å². The highest BCUT2D eigenvalue weighted by Crippen LogP contribution is 2.38. The number of carbonyl (C=O) groups is 2. The van der Waals surface area contributed by atoms with E-state index in [0.29, 0.717) is 22.5 Å². The normalized spacial score (nSPS) is 14.0. The highest BCUT2D eigenvalue weighted by molar-refractivity contribution is 9.10. The Labute approximate surface area is 208 Å². The van der Waals surface area contributed by atoms with Gasteiger partial charge in [0.1, 0.15) is 5.69 Å². The molecule has 5 heterocycles. The van der Waals surface area contributed by atoms with E-state index < -0.39 is 11.8 Å². The van der Waals surface area contributed by atoms with Gasteiger partial charge in [-0.3, -0.25) is 14.9 Å². The van der Waals surface area contributed by atoms with Gasteiger partial charge in [0.25, 0.3) is 11.8 Å². The molecule has 35 heavy (non-hydrogen) atoms. The van der Waals surface area contributed by atoms with Crippen LogP contribution in [-0.2, 0) is 29.7 Å². The van der Waals surface area contributed by atoms with E-state index in [1.807, 2.05) is 41.2 Å². The molecule has 10 heteroatoms. The Morgan fingerprint density at radius 3 is 2.71 bits per heavy atom. The molecular weight excluding hydrogens is 510 g/mol. The van der Waals surface area contributed by atoms with E-state index in [9.17, 15) is 9.59 Å². The minimum Gasteiger partial charge on any atom is -0.347 e. The quantitative estimate of drug-likeness (QED) is 0.339. The molecule has 1 N–H and O–H groups in total. The lowest BCUT2D eigenvalue weighted by molar-refractivity contribution is -0.122. The molecule has 1 aliphatic rings. The first-order valence-electron chi connectivity index (χ1n) is 11.1. The van der Waals surface area contributed by atoms with Crippen molar-refractivity contribution in [1.29, 1.82) is 0 Å². The summed E-state index contributed by atoms with van der Waals surface area (Å²) in [4.78, 5) is 34.7. The van der Waals surface area contributed by atoms with Crippen LogP contribution in [0.25, 0.3) is 33.1 Å². The fourth-order valence-corrected chi connectivity index (χ4v) is 5.07. The molecule has 9 nitrogen and oxygen atoms in total. The lowest BCUT2D eigenvalue weighted by Gasteiger charge is -2.06. The summed E-state index contributed by atoms with van der Waals surface area (Å²) in [5.41, 5.74) is 3.38. The molecule has 0 aliphatic carbocycles. The zero-order chi connectivity index (χ0) is 24.1. The molecule has 0 unspecified atom stereocenters. The van der Waals surface area contributed by atoms with Gasteiger partial charge in [0.15, 0.2) is 5.65 Å². The molecule has 0 saturated carbocycles. The van der Waals surface area contributed by atoms with Crippen molar-refractivity contribution in [3.8, 4) is 0 Å². The third-order valence-corrected chi connectivity index (χ3v) is 6.75. The van der Waals surface area contributed by atoms with Crippen molar-refractivity contribution in [2.45, 2.75) is 19.5 Å². The molecule has 5 aromatic rings. The van der Waals surface area contributed by atoms with E-state index in [4.69, 9.17) is 0 Å². The van der Waals surface area contributed by atoms with E-state index in [0.717, 1.165) is 40.3 Å². The van der Waals surface area contributed by atoms with Crippen molar-refractivity contribution >= 4 is 60.8 Å². The van der Waals surface area contributed by atoms with Crippen LogP contribution in [0.3, 0.4) is 0 Å². The fraction of sp³-hybridized carbons (Fsp3) is 0.160. The van der Waals surface area contributed by atoms with Crippen molar-refractivity contribution in [2.75, 3.05) is 0 Å². The summed E-state index contributed by atoms with van der Waals surface area (Å²) < 4.78 is 6.68. The molecule has 174 valence electrons. The van der Waals surface area contributed by atoms with Crippen molar-refractivity contribution in [3.63, 3.8) is 0 Å². The van der Waals surface area contributed by atoms with Crippen LogP contribution in [0.5, 0.6) is 0 Å². The van der Waals surface area contributed by atoms with Gasteiger partial charge in [0.05, 0.1) is 17.5 Å². The second kappa shape index (κ2) is 8.31. The Balaban J connectivity index is 1.52. The highest BCUT2D eigenvalue weighted by Gasteiger charge is 2.36. The summed E-state index contributed by atoms with van der Waals surface area (Å²) in [5, 5.41) is 8.67. The molecule has 0 radical (unpaired) electrons. The number of hydrogen-bond acceptors (Lipinski definition) is 5. The zero-order valence-electron chi connectivity index (χ0n) is 18.8. The first-order valence-corrected chi connectivity index (χ1v) is 11.9. The second-order valence-electron chi connectivity index (χ2n) is 8.43. The number of fused-ring (bicyclic) bond motifs is 2. The van der Waals surface area contributed by atoms with E-state index in [1.54, 1.807) is 36.5 Å². The summed E-state index contributed by atoms with van der Waals surface area (Å²) >= 11 is 3.56. The second-order valence-corrected chi connectivity index (χ2v) is 9.35. The van der Waals surface area contributed by atoms with Gasteiger partial charge in [0.2, 0.25) is 0 Å². The van der Waals surface area contributed by atoms with Crippen LogP contribution in [0.2, 0.25) is 0 Å². The fourth-order valence-electron chi connectivity index (χ4n) is 4.71. The standard InChI is InChI=1S/C25H20BrN7O2/c1-31-23-16(4-2-7-28-23)22(30-31)21-20(24(34)29-25(21)35)18-13-33(10-3-9-32-11-8-27-14-32)19-6-5-15(26)12-17(18)19/h2,4-8,11-14H,3,9-10H2,1H3,(H,29,34,35). The SMILES string of the molecule is Cn1nc(C2=C(c3cn(CCCn4ccnc4)c4ccc(Br)cc34)C(=O)NC2=O)c2cccnc21. The van der Waals surface area contributed by atoms with Crippen LogP contribution in [0, 0.1) is 0 Å². The lowest BCUT2D eigenvalue weighted by Crippen LogP contribution is -2.22. The van der Waals surface area contributed by atoms with Crippen molar-refractivity contribution < 1.29 is 9.59 Å². The van der Waals surface area contributed by atoms with Gasteiger partial charge in [-0.2, -0.15) is 5.10 Å². The Morgan fingerprint density at radius 1 is 1.03 bits per heavy atom. The van der Waals surface area contributed by atoms with Crippen LogP contribution in [0.4, 0.5) is 0 Å². The number of imidazole rings is 1. The number of hydrogen-bond donors (Lipinski definition) is 1. The molecule has 4 aromatic heterocycles. The third-order valence-electron chi connectivity index (χ3n) is 6.25. The number of amides is 2. The van der Waals surface area contributed by atoms with Crippen LogP contribution in [0.15, 0.2) is 65.9 Å². The lowest BCUT2D eigenvalue weighted by atomic mass is 9.98. The number of aromatic nitrogens is 6. The van der Waals surface area contributed by atoms with E-state index in [-0.39, 0.29) is 5.57 Å². The van der Waals surface area contributed by atoms with Gasteiger partial charge in [0, 0.05) is 71.2 Å². The first-order chi connectivity index (χ1) is 17.0. The minimum atomic E-state index is -0.454. The van der Waals surface area contributed by atoms with Gasteiger partial charge in [-0.25, -0.2) is 14.6 Å². The number of rotatable bonds is 6. The molecule has 2 amide bonds. The maximum atomic E-state index is 13.1. The maximum Gasteiger partial charge on any atom is 0.261 e.